The number of hydrogen-bond acceptors (Lipinski definition) is 4. The highest BCUT2D eigenvalue weighted by Gasteiger charge is 2.17. The fourth-order valence-corrected chi connectivity index (χ4v) is 2.99. The Balaban J connectivity index is 1.77. The Labute approximate surface area is 138 Å². The highest BCUT2D eigenvalue weighted by Crippen LogP contribution is 2.18. The van der Waals surface area contributed by atoms with Gasteiger partial charge in [-0.15, -0.1) is 0 Å². The van der Waals surface area contributed by atoms with Gasteiger partial charge in [-0.3, -0.25) is 0 Å². The molecule has 0 aliphatic carbocycles. The normalized spacial score (nSPS) is 17.4. The molecule has 0 aromatic heterocycles. The molecule has 0 atom stereocenters. The van der Waals surface area contributed by atoms with E-state index < -0.39 is 0 Å². The summed E-state index contributed by atoms with van der Waals surface area (Å²) in [4.78, 5) is 2.50. The standard InChI is InChI=1S/C16H32BrNO3/c1-2-3-9-19-11-13-21-14-12-20-10-8-18-6-4-16(15-17)5-7-18/h16H,2-15H2,1H3. The fraction of sp³-hybridized carbons (Fsp3) is 1.00. The molecule has 0 spiro atoms. The number of hydrogen-bond donors (Lipinski definition) is 0. The molecule has 0 amide bonds. The van der Waals surface area contributed by atoms with E-state index >= 15 is 0 Å². The molecule has 0 radical (unpaired) electrons. The number of alkyl halides is 1. The molecule has 1 aliphatic heterocycles. The summed E-state index contributed by atoms with van der Waals surface area (Å²) in [7, 11) is 0. The zero-order chi connectivity index (χ0) is 15.2. The van der Waals surface area contributed by atoms with E-state index in [-0.39, 0.29) is 0 Å². The molecule has 0 unspecified atom stereocenters. The summed E-state index contributed by atoms with van der Waals surface area (Å²) in [6.45, 7) is 10.0. The van der Waals surface area contributed by atoms with Crippen molar-refractivity contribution in [3.05, 3.63) is 0 Å². The van der Waals surface area contributed by atoms with Gasteiger partial charge in [0.2, 0.25) is 0 Å². The van der Waals surface area contributed by atoms with E-state index in [2.05, 4.69) is 27.8 Å². The number of ether oxygens (including phenoxy) is 3. The smallest absolute Gasteiger partial charge is 0.0701 e. The first-order valence-electron chi connectivity index (χ1n) is 8.38. The van der Waals surface area contributed by atoms with Crippen molar-refractivity contribution in [1.29, 1.82) is 0 Å². The van der Waals surface area contributed by atoms with E-state index in [0.29, 0.717) is 26.4 Å². The van der Waals surface area contributed by atoms with Gasteiger partial charge in [-0.2, -0.15) is 0 Å². The van der Waals surface area contributed by atoms with Crippen molar-refractivity contribution in [2.24, 2.45) is 5.92 Å². The van der Waals surface area contributed by atoms with Crippen LogP contribution in [0.15, 0.2) is 0 Å². The first kappa shape index (κ1) is 19.4. The van der Waals surface area contributed by atoms with E-state index in [4.69, 9.17) is 14.2 Å². The number of nitrogens with zero attached hydrogens (tertiary/aromatic N) is 1. The van der Waals surface area contributed by atoms with Crippen LogP contribution in [0.25, 0.3) is 0 Å². The minimum Gasteiger partial charge on any atom is -0.379 e. The van der Waals surface area contributed by atoms with Crippen molar-refractivity contribution in [3.63, 3.8) is 0 Å². The van der Waals surface area contributed by atoms with Gasteiger partial charge in [-0.1, -0.05) is 29.3 Å². The van der Waals surface area contributed by atoms with Crippen LogP contribution in [0.2, 0.25) is 0 Å². The molecule has 1 saturated heterocycles. The maximum absolute atomic E-state index is 5.62. The molecule has 1 rings (SSSR count). The maximum Gasteiger partial charge on any atom is 0.0701 e. The van der Waals surface area contributed by atoms with Gasteiger partial charge in [0, 0.05) is 18.5 Å². The molecular formula is C16H32BrNO3. The molecule has 0 N–H and O–H groups in total. The van der Waals surface area contributed by atoms with Gasteiger partial charge >= 0.3 is 0 Å². The quantitative estimate of drug-likeness (QED) is 0.371. The van der Waals surface area contributed by atoms with Gasteiger partial charge in [0.1, 0.15) is 0 Å². The van der Waals surface area contributed by atoms with Crippen molar-refractivity contribution in [2.75, 3.05) is 64.6 Å². The molecule has 1 heterocycles. The third-order valence-corrected chi connectivity index (χ3v) is 4.78. The van der Waals surface area contributed by atoms with E-state index in [0.717, 1.165) is 37.4 Å². The van der Waals surface area contributed by atoms with Crippen LogP contribution in [0.1, 0.15) is 32.6 Å². The van der Waals surface area contributed by atoms with Crippen LogP contribution in [0.3, 0.4) is 0 Å². The number of piperidine rings is 1. The lowest BCUT2D eigenvalue weighted by Gasteiger charge is -2.30. The molecule has 21 heavy (non-hydrogen) atoms. The van der Waals surface area contributed by atoms with E-state index in [9.17, 15) is 0 Å². The topological polar surface area (TPSA) is 30.9 Å². The van der Waals surface area contributed by atoms with Crippen LogP contribution < -0.4 is 0 Å². The van der Waals surface area contributed by atoms with Crippen LogP contribution in [0, 0.1) is 5.92 Å². The van der Waals surface area contributed by atoms with E-state index in [1.165, 1.54) is 32.4 Å². The van der Waals surface area contributed by atoms with Crippen LogP contribution >= 0.6 is 15.9 Å². The Morgan fingerprint density at radius 2 is 1.48 bits per heavy atom. The summed E-state index contributed by atoms with van der Waals surface area (Å²) in [6.07, 6.45) is 4.94. The van der Waals surface area contributed by atoms with Crippen molar-refractivity contribution in [2.45, 2.75) is 32.6 Å². The second kappa shape index (κ2) is 13.9. The zero-order valence-electron chi connectivity index (χ0n) is 13.5. The van der Waals surface area contributed by atoms with Gasteiger partial charge < -0.3 is 19.1 Å². The predicted molar refractivity (Wildman–Crippen MR) is 90.3 cm³/mol. The van der Waals surface area contributed by atoms with Crippen molar-refractivity contribution in [1.82, 2.24) is 4.90 Å². The number of halogens is 1. The first-order valence-corrected chi connectivity index (χ1v) is 9.50. The molecule has 126 valence electrons. The third-order valence-electron chi connectivity index (χ3n) is 3.86. The summed E-state index contributed by atoms with van der Waals surface area (Å²) >= 11 is 3.58. The Morgan fingerprint density at radius 3 is 2.05 bits per heavy atom. The molecule has 0 bridgehead atoms. The van der Waals surface area contributed by atoms with Crippen LogP contribution in [-0.4, -0.2) is 69.5 Å². The highest BCUT2D eigenvalue weighted by atomic mass is 79.9. The number of likely N-dealkylation sites (tertiary alicyclic amines) is 1. The largest absolute Gasteiger partial charge is 0.379 e. The molecule has 4 nitrogen and oxygen atoms in total. The molecule has 1 fully saturated rings. The molecule has 0 aromatic rings. The SMILES string of the molecule is CCCCOCCOCCOCCN1CCC(CBr)CC1. The highest BCUT2D eigenvalue weighted by molar-refractivity contribution is 9.09. The van der Waals surface area contributed by atoms with Crippen LogP contribution in [0.4, 0.5) is 0 Å². The molecule has 1 aliphatic rings. The summed E-state index contributed by atoms with van der Waals surface area (Å²) < 4.78 is 16.5. The Kier molecular flexibility index (Phi) is 12.9. The second-order valence-electron chi connectivity index (χ2n) is 5.63. The Bertz CT molecular complexity index is 224. The predicted octanol–water partition coefficient (Wildman–Crippen LogP) is 2.94. The lowest BCUT2D eigenvalue weighted by molar-refractivity contribution is 0.00879. The van der Waals surface area contributed by atoms with Crippen LogP contribution in [0.5, 0.6) is 0 Å². The molecule has 0 aromatic carbocycles. The van der Waals surface area contributed by atoms with Crippen molar-refractivity contribution in [3.8, 4) is 0 Å². The molecule has 5 heteroatoms. The average Bonchev–Trinajstić information content (AvgIpc) is 2.53. The molecule has 0 saturated carbocycles. The first-order chi connectivity index (χ1) is 10.4. The monoisotopic (exact) mass is 365 g/mol. The summed E-state index contributed by atoms with van der Waals surface area (Å²) in [5, 5.41) is 1.15. The molecular weight excluding hydrogens is 334 g/mol. The summed E-state index contributed by atoms with van der Waals surface area (Å²) in [5.41, 5.74) is 0. The zero-order valence-corrected chi connectivity index (χ0v) is 15.1. The lowest BCUT2D eigenvalue weighted by atomic mass is 9.99. The van der Waals surface area contributed by atoms with Crippen LogP contribution in [-0.2, 0) is 14.2 Å². The van der Waals surface area contributed by atoms with Gasteiger partial charge in [0.05, 0.1) is 33.0 Å². The average molecular weight is 366 g/mol. The van der Waals surface area contributed by atoms with Gasteiger partial charge in [0.15, 0.2) is 0 Å². The maximum atomic E-state index is 5.62. The number of rotatable bonds is 13. The number of unbranched alkanes of at least 4 members (excludes halogenated alkanes) is 1. The fourth-order valence-electron chi connectivity index (χ4n) is 2.35. The van der Waals surface area contributed by atoms with Gasteiger partial charge in [0.25, 0.3) is 0 Å². The van der Waals surface area contributed by atoms with Gasteiger partial charge in [-0.05, 0) is 38.3 Å². The van der Waals surface area contributed by atoms with E-state index in [1.54, 1.807) is 0 Å². The Hall–Kier alpha value is 0.320. The van der Waals surface area contributed by atoms with Crippen molar-refractivity contribution >= 4 is 15.9 Å². The minimum atomic E-state index is 0.669. The van der Waals surface area contributed by atoms with Gasteiger partial charge in [-0.25, -0.2) is 0 Å². The summed E-state index contributed by atoms with van der Waals surface area (Å²) in [6, 6.07) is 0. The Morgan fingerprint density at radius 1 is 0.905 bits per heavy atom. The second-order valence-corrected chi connectivity index (χ2v) is 6.28. The summed E-state index contributed by atoms with van der Waals surface area (Å²) in [5.74, 6) is 0.870. The lowest BCUT2D eigenvalue weighted by Crippen LogP contribution is -2.36. The third kappa shape index (κ3) is 10.6. The van der Waals surface area contributed by atoms with Crippen molar-refractivity contribution < 1.29 is 14.2 Å². The van der Waals surface area contributed by atoms with E-state index in [1.807, 2.05) is 0 Å². The minimum absolute atomic E-state index is 0.669.